The second-order valence-electron chi connectivity index (χ2n) is 4.51. The lowest BCUT2D eigenvalue weighted by Crippen LogP contribution is -3.00. The lowest BCUT2D eigenvalue weighted by molar-refractivity contribution is -0.897. The first-order chi connectivity index (χ1) is 7.07. The quantitative estimate of drug-likeness (QED) is 0.503. The maximum atomic E-state index is 3.79. The van der Waals surface area contributed by atoms with E-state index in [1.54, 1.807) is 0 Å². The highest BCUT2D eigenvalue weighted by Gasteiger charge is 2.12. The van der Waals surface area contributed by atoms with Crippen molar-refractivity contribution in [3.8, 4) is 0 Å². The van der Waals surface area contributed by atoms with Gasteiger partial charge < -0.3 is 16.9 Å². The Kier molecular flexibility index (Phi) is 6.09. The number of benzene rings is 1. The average molecular weight is 238 g/mol. The predicted octanol–water partition coefficient (Wildman–Crippen LogP) is 0.0960. The number of nitrogens with zero attached hydrogens (tertiary/aromatic N) is 1. The van der Waals surface area contributed by atoms with Crippen LogP contribution in [-0.2, 0) is 6.54 Å². The van der Waals surface area contributed by atoms with Gasteiger partial charge in [-0.15, -0.1) is 0 Å². The highest BCUT2D eigenvalue weighted by Crippen LogP contribution is 2.11. The summed E-state index contributed by atoms with van der Waals surface area (Å²) in [6.45, 7) is 9.55. The van der Waals surface area contributed by atoms with Crippen molar-refractivity contribution in [2.75, 3.05) is 20.6 Å². The Morgan fingerprint density at radius 3 is 2.12 bits per heavy atom. The summed E-state index contributed by atoms with van der Waals surface area (Å²) in [5.41, 5.74) is 2.53. The molecule has 0 aliphatic rings. The van der Waals surface area contributed by atoms with Crippen LogP contribution in [0.15, 0.2) is 43.5 Å². The van der Waals surface area contributed by atoms with E-state index in [2.05, 4.69) is 51.5 Å². The van der Waals surface area contributed by atoms with E-state index >= 15 is 0 Å². The molecule has 0 atom stereocenters. The molecule has 1 nitrogen and oxygen atoms in total. The molecule has 88 valence electrons. The van der Waals surface area contributed by atoms with Gasteiger partial charge in [0.05, 0.1) is 20.6 Å². The van der Waals surface area contributed by atoms with E-state index in [1.165, 1.54) is 11.1 Å². The molecule has 0 unspecified atom stereocenters. The molecule has 0 heterocycles. The van der Waals surface area contributed by atoms with Crippen LogP contribution in [0.2, 0.25) is 0 Å². The van der Waals surface area contributed by atoms with Gasteiger partial charge in [-0.05, 0) is 11.6 Å². The first-order valence-electron chi connectivity index (χ1n) is 5.22. The predicted molar refractivity (Wildman–Crippen MR) is 67.4 cm³/mol. The minimum atomic E-state index is 0. The molecule has 1 aromatic rings. The SMILES string of the molecule is C=CC[N+](C)(C)Cc1ccc(C=C)cc1.[Cl-]. The molecular weight excluding hydrogens is 218 g/mol. The van der Waals surface area contributed by atoms with Crippen molar-refractivity contribution < 1.29 is 16.9 Å². The van der Waals surface area contributed by atoms with Crippen LogP contribution in [0.25, 0.3) is 6.08 Å². The van der Waals surface area contributed by atoms with Crippen molar-refractivity contribution >= 4 is 6.08 Å². The highest BCUT2D eigenvalue weighted by atomic mass is 35.5. The molecule has 0 N–H and O–H groups in total. The minimum Gasteiger partial charge on any atom is -1.00 e. The van der Waals surface area contributed by atoms with Gasteiger partial charge in [0.1, 0.15) is 6.54 Å². The van der Waals surface area contributed by atoms with E-state index < -0.39 is 0 Å². The van der Waals surface area contributed by atoms with Crippen LogP contribution in [0, 0.1) is 0 Å². The number of halogens is 1. The van der Waals surface area contributed by atoms with Crippen molar-refractivity contribution in [2.24, 2.45) is 0 Å². The van der Waals surface area contributed by atoms with E-state index in [1.807, 2.05) is 12.2 Å². The Morgan fingerprint density at radius 1 is 1.12 bits per heavy atom. The van der Waals surface area contributed by atoms with Gasteiger partial charge in [0.25, 0.3) is 0 Å². The Balaban J connectivity index is 0.00000225. The maximum absolute atomic E-state index is 3.79. The number of likely N-dealkylation sites (N-methyl/N-ethyl adjacent to an activating group) is 1. The van der Waals surface area contributed by atoms with Gasteiger partial charge in [0.15, 0.2) is 0 Å². The third-order valence-corrected chi connectivity index (χ3v) is 2.45. The zero-order chi connectivity index (χ0) is 11.3. The summed E-state index contributed by atoms with van der Waals surface area (Å²) in [7, 11) is 4.42. The number of quaternary nitrogens is 1. The summed E-state index contributed by atoms with van der Waals surface area (Å²) in [4.78, 5) is 0. The summed E-state index contributed by atoms with van der Waals surface area (Å²) in [5.74, 6) is 0. The smallest absolute Gasteiger partial charge is 0.104 e. The van der Waals surface area contributed by atoms with E-state index in [-0.39, 0.29) is 12.4 Å². The molecule has 1 aromatic carbocycles. The number of hydrogen-bond acceptors (Lipinski definition) is 0. The molecule has 0 aliphatic heterocycles. The molecule has 0 saturated heterocycles. The van der Waals surface area contributed by atoms with Crippen LogP contribution in [0.5, 0.6) is 0 Å². The van der Waals surface area contributed by atoms with Crippen molar-refractivity contribution in [2.45, 2.75) is 6.54 Å². The molecular formula is C14H20ClN. The Hall–Kier alpha value is -1.05. The number of hydrogen-bond donors (Lipinski definition) is 0. The van der Waals surface area contributed by atoms with Crippen LogP contribution in [0.4, 0.5) is 0 Å². The van der Waals surface area contributed by atoms with Crippen LogP contribution in [0.3, 0.4) is 0 Å². The fraction of sp³-hybridized carbons (Fsp3) is 0.286. The van der Waals surface area contributed by atoms with Gasteiger partial charge in [-0.1, -0.05) is 43.5 Å². The summed E-state index contributed by atoms with van der Waals surface area (Å²) in [6, 6.07) is 8.55. The maximum Gasteiger partial charge on any atom is 0.104 e. The molecule has 0 aromatic heterocycles. The molecule has 0 fully saturated rings. The van der Waals surface area contributed by atoms with Gasteiger partial charge in [-0.3, -0.25) is 0 Å². The molecule has 1 rings (SSSR count). The van der Waals surface area contributed by atoms with E-state index in [0.29, 0.717) is 0 Å². The summed E-state index contributed by atoms with van der Waals surface area (Å²) in [5, 5.41) is 0. The lowest BCUT2D eigenvalue weighted by Gasteiger charge is -2.28. The van der Waals surface area contributed by atoms with Gasteiger partial charge in [-0.25, -0.2) is 0 Å². The highest BCUT2D eigenvalue weighted by molar-refractivity contribution is 5.47. The summed E-state index contributed by atoms with van der Waals surface area (Å²) >= 11 is 0. The second-order valence-corrected chi connectivity index (χ2v) is 4.51. The van der Waals surface area contributed by atoms with E-state index in [4.69, 9.17) is 0 Å². The van der Waals surface area contributed by atoms with Crippen LogP contribution in [-0.4, -0.2) is 25.1 Å². The first kappa shape index (κ1) is 14.9. The normalized spacial score (nSPS) is 10.4. The standard InChI is InChI=1S/C14H20N.ClH/c1-5-11-15(3,4)12-14-9-7-13(6-2)8-10-14;/h5-10H,1-2,11-12H2,3-4H3;1H/q+1;/p-1. The van der Waals surface area contributed by atoms with E-state index in [0.717, 1.165) is 17.6 Å². The molecule has 0 spiro atoms. The Bertz CT molecular complexity index is 338. The molecule has 0 aliphatic carbocycles. The Labute approximate surface area is 105 Å². The molecule has 2 heteroatoms. The van der Waals surface area contributed by atoms with Crippen molar-refractivity contribution in [1.29, 1.82) is 0 Å². The topological polar surface area (TPSA) is 0 Å². The van der Waals surface area contributed by atoms with Gasteiger partial charge in [-0.2, -0.15) is 0 Å². The van der Waals surface area contributed by atoms with Gasteiger partial charge in [0.2, 0.25) is 0 Å². The zero-order valence-electron chi connectivity index (χ0n) is 10.1. The molecule has 0 saturated carbocycles. The largest absolute Gasteiger partial charge is 1.00 e. The third-order valence-electron chi connectivity index (χ3n) is 2.45. The Morgan fingerprint density at radius 2 is 1.69 bits per heavy atom. The molecule has 0 amide bonds. The van der Waals surface area contributed by atoms with Gasteiger partial charge in [0, 0.05) is 5.56 Å². The first-order valence-corrected chi connectivity index (χ1v) is 5.22. The van der Waals surface area contributed by atoms with Gasteiger partial charge >= 0.3 is 0 Å². The third kappa shape index (κ3) is 4.65. The van der Waals surface area contributed by atoms with Crippen LogP contribution >= 0.6 is 0 Å². The van der Waals surface area contributed by atoms with Crippen LogP contribution < -0.4 is 12.4 Å². The van der Waals surface area contributed by atoms with Crippen molar-refractivity contribution in [1.82, 2.24) is 0 Å². The monoisotopic (exact) mass is 237 g/mol. The number of rotatable bonds is 5. The molecule has 0 bridgehead atoms. The zero-order valence-corrected chi connectivity index (χ0v) is 10.9. The second kappa shape index (κ2) is 6.51. The van der Waals surface area contributed by atoms with Crippen molar-refractivity contribution in [3.63, 3.8) is 0 Å². The van der Waals surface area contributed by atoms with E-state index in [9.17, 15) is 0 Å². The summed E-state index contributed by atoms with van der Waals surface area (Å²) < 4.78 is 0.941. The summed E-state index contributed by atoms with van der Waals surface area (Å²) in [6.07, 6.45) is 3.84. The minimum absolute atomic E-state index is 0. The molecule has 0 radical (unpaired) electrons. The fourth-order valence-electron chi connectivity index (χ4n) is 1.67. The average Bonchev–Trinajstić information content (AvgIpc) is 2.18. The van der Waals surface area contributed by atoms with Crippen LogP contribution in [0.1, 0.15) is 11.1 Å². The molecule has 16 heavy (non-hydrogen) atoms. The fourth-order valence-corrected chi connectivity index (χ4v) is 1.67. The van der Waals surface area contributed by atoms with Crippen molar-refractivity contribution in [3.05, 3.63) is 54.6 Å². The lowest BCUT2D eigenvalue weighted by atomic mass is 10.1.